The van der Waals surface area contributed by atoms with Gasteiger partial charge in [-0.25, -0.2) is 9.18 Å². The fourth-order valence-corrected chi connectivity index (χ4v) is 4.21. The summed E-state index contributed by atoms with van der Waals surface area (Å²) in [5, 5.41) is 3.87. The van der Waals surface area contributed by atoms with Crippen molar-refractivity contribution < 1.29 is 18.7 Å². The Hall–Kier alpha value is -2.67. The van der Waals surface area contributed by atoms with E-state index in [1.54, 1.807) is 36.4 Å². The van der Waals surface area contributed by atoms with E-state index in [-0.39, 0.29) is 11.4 Å². The molecule has 0 aliphatic heterocycles. The first-order valence-electron chi connectivity index (χ1n) is 8.72. The molecule has 0 saturated heterocycles. The molecule has 0 aliphatic carbocycles. The van der Waals surface area contributed by atoms with Gasteiger partial charge in [0.15, 0.2) is 0 Å². The van der Waals surface area contributed by atoms with Gasteiger partial charge >= 0.3 is 5.97 Å². The number of halogens is 3. The summed E-state index contributed by atoms with van der Waals surface area (Å²) in [6, 6.07) is 10.8. The average molecular weight is 464 g/mol. The molecule has 0 radical (unpaired) electrons. The van der Waals surface area contributed by atoms with Crippen molar-refractivity contribution in [2.75, 3.05) is 12.4 Å². The van der Waals surface area contributed by atoms with Crippen LogP contribution in [0.5, 0.6) is 0 Å². The Morgan fingerprint density at radius 3 is 2.43 bits per heavy atom. The minimum atomic E-state index is -0.595. The molecular formula is C22H16Cl2FNO3S. The van der Waals surface area contributed by atoms with Crippen molar-refractivity contribution in [3.8, 4) is 11.1 Å². The van der Waals surface area contributed by atoms with Crippen molar-refractivity contribution in [1.29, 1.82) is 0 Å². The molecule has 0 fully saturated rings. The van der Waals surface area contributed by atoms with E-state index in [1.165, 1.54) is 36.7 Å². The summed E-state index contributed by atoms with van der Waals surface area (Å²) in [5.41, 5.74) is 2.16. The lowest BCUT2D eigenvalue weighted by Crippen LogP contribution is -2.11. The van der Waals surface area contributed by atoms with Crippen LogP contribution in [-0.4, -0.2) is 19.0 Å². The van der Waals surface area contributed by atoms with Gasteiger partial charge in [0.05, 0.1) is 17.2 Å². The van der Waals surface area contributed by atoms with Gasteiger partial charge in [0.1, 0.15) is 16.4 Å². The summed E-state index contributed by atoms with van der Waals surface area (Å²) < 4.78 is 18.2. The molecule has 3 aromatic rings. The monoisotopic (exact) mass is 463 g/mol. The van der Waals surface area contributed by atoms with Crippen molar-refractivity contribution in [2.24, 2.45) is 0 Å². The van der Waals surface area contributed by atoms with E-state index < -0.39 is 11.9 Å². The van der Waals surface area contributed by atoms with Crippen molar-refractivity contribution >= 4 is 57.5 Å². The van der Waals surface area contributed by atoms with E-state index in [1.807, 2.05) is 6.92 Å². The van der Waals surface area contributed by atoms with E-state index in [9.17, 15) is 14.0 Å². The standard InChI is InChI=1S/C22H16Cl2FNO3S/c1-12-19(14-5-7-15(25)8-6-14)20(22(28)29-2)21(30-12)26-18(27)10-4-13-3-9-16(23)17(24)11-13/h3-11H,1-2H3,(H,26,27)/b10-4+. The van der Waals surface area contributed by atoms with E-state index in [0.717, 1.165) is 4.88 Å². The van der Waals surface area contributed by atoms with Crippen LogP contribution in [0.25, 0.3) is 17.2 Å². The molecular weight excluding hydrogens is 448 g/mol. The van der Waals surface area contributed by atoms with Gasteiger partial charge < -0.3 is 10.1 Å². The molecule has 1 amide bonds. The zero-order chi connectivity index (χ0) is 21.8. The third-order valence-electron chi connectivity index (χ3n) is 4.21. The fourth-order valence-electron chi connectivity index (χ4n) is 2.84. The normalized spacial score (nSPS) is 11.0. The molecule has 3 rings (SSSR count). The van der Waals surface area contributed by atoms with Crippen molar-refractivity contribution in [1.82, 2.24) is 0 Å². The minimum Gasteiger partial charge on any atom is -0.465 e. The van der Waals surface area contributed by atoms with Crippen LogP contribution in [0.2, 0.25) is 10.0 Å². The average Bonchev–Trinajstić information content (AvgIpc) is 3.04. The quantitative estimate of drug-likeness (QED) is 0.342. The molecule has 1 aromatic heterocycles. The Balaban J connectivity index is 1.91. The van der Waals surface area contributed by atoms with Gasteiger partial charge in [-0.1, -0.05) is 41.4 Å². The third-order valence-corrected chi connectivity index (χ3v) is 5.97. The van der Waals surface area contributed by atoms with Gasteiger partial charge in [-0.2, -0.15) is 0 Å². The number of hydrogen-bond acceptors (Lipinski definition) is 4. The van der Waals surface area contributed by atoms with Gasteiger partial charge in [0.25, 0.3) is 0 Å². The highest BCUT2D eigenvalue weighted by Gasteiger charge is 2.24. The Morgan fingerprint density at radius 1 is 1.10 bits per heavy atom. The molecule has 0 unspecified atom stereocenters. The Bertz CT molecular complexity index is 1140. The van der Waals surface area contributed by atoms with Gasteiger partial charge in [0.2, 0.25) is 5.91 Å². The molecule has 0 spiro atoms. The summed E-state index contributed by atoms with van der Waals surface area (Å²) in [6.07, 6.45) is 2.91. The predicted molar refractivity (Wildman–Crippen MR) is 120 cm³/mol. The zero-order valence-corrected chi connectivity index (χ0v) is 18.3. The summed E-state index contributed by atoms with van der Waals surface area (Å²) >= 11 is 13.1. The Morgan fingerprint density at radius 2 is 1.80 bits per heavy atom. The second kappa shape index (κ2) is 9.43. The van der Waals surface area contributed by atoms with Crippen molar-refractivity contribution in [3.05, 3.63) is 80.4 Å². The number of benzene rings is 2. The molecule has 2 aromatic carbocycles. The maximum atomic E-state index is 13.3. The molecule has 8 heteroatoms. The molecule has 0 atom stereocenters. The summed E-state index contributed by atoms with van der Waals surface area (Å²) in [7, 11) is 1.26. The highest BCUT2D eigenvalue weighted by molar-refractivity contribution is 7.17. The SMILES string of the molecule is COC(=O)c1c(NC(=O)/C=C/c2ccc(Cl)c(Cl)c2)sc(C)c1-c1ccc(F)cc1. The number of carbonyl (C=O) groups is 2. The summed E-state index contributed by atoms with van der Waals surface area (Å²) in [6.45, 7) is 1.82. The molecule has 1 heterocycles. The molecule has 0 saturated carbocycles. The second-order valence-electron chi connectivity index (χ2n) is 6.23. The maximum absolute atomic E-state index is 13.3. The number of rotatable bonds is 5. The number of amides is 1. The number of aryl methyl sites for hydroxylation is 1. The van der Waals surface area contributed by atoms with Crippen LogP contribution < -0.4 is 5.32 Å². The third kappa shape index (κ3) is 4.90. The lowest BCUT2D eigenvalue weighted by atomic mass is 10.0. The first kappa shape index (κ1) is 22.0. The van der Waals surface area contributed by atoms with Gasteiger partial charge in [-0.3, -0.25) is 4.79 Å². The predicted octanol–water partition coefficient (Wildman–Crippen LogP) is 6.61. The maximum Gasteiger partial charge on any atom is 0.341 e. The van der Waals surface area contributed by atoms with Gasteiger partial charge in [-0.05, 0) is 48.4 Å². The van der Waals surface area contributed by atoms with E-state index in [0.29, 0.717) is 31.7 Å². The highest BCUT2D eigenvalue weighted by Crippen LogP contribution is 2.40. The number of carbonyl (C=O) groups excluding carboxylic acids is 2. The second-order valence-corrected chi connectivity index (χ2v) is 8.27. The number of methoxy groups -OCH3 is 1. The number of thiophene rings is 1. The minimum absolute atomic E-state index is 0.225. The number of ether oxygens (including phenoxy) is 1. The zero-order valence-electron chi connectivity index (χ0n) is 16.0. The smallest absolute Gasteiger partial charge is 0.341 e. The molecule has 1 N–H and O–H groups in total. The Labute approximate surface area is 186 Å². The first-order chi connectivity index (χ1) is 14.3. The first-order valence-corrected chi connectivity index (χ1v) is 10.3. The lowest BCUT2D eigenvalue weighted by Gasteiger charge is -2.07. The number of esters is 1. The molecule has 0 bridgehead atoms. The van der Waals surface area contributed by atoms with Crippen LogP contribution in [0, 0.1) is 12.7 Å². The highest BCUT2D eigenvalue weighted by atomic mass is 35.5. The van der Waals surface area contributed by atoms with Gasteiger partial charge in [0, 0.05) is 16.5 Å². The Kier molecular flexibility index (Phi) is 6.92. The van der Waals surface area contributed by atoms with Crippen molar-refractivity contribution in [2.45, 2.75) is 6.92 Å². The summed E-state index contributed by atoms with van der Waals surface area (Å²) in [4.78, 5) is 25.7. The van der Waals surface area contributed by atoms with Crippen LogP contribution >= 0.6 is 34.5 Å². The van der Waals surface area contributed by atoms with E-state index in [4.69, 9.17) is 27.9 Å². The van der Waals surface area contributed by atoms with E-state index in [2.05, 4.69) is 5.32 Å². The number of nitrogens with one attached hydrogen (secondary N) is 1. The number of hydrogen-bond donors (Lipinski definition) is 1. The van der Waals surface area contributed by atoms with Crippen LogP contribution in [-0.2, 0) is 9.53 Å². The van der Waals surface area contributed by atoms with Crippen LogP contribution in [0.15, 0.2) is 48.5 Å². The van der Waals surface area contributed by atoms with E-state index >= 15 is 0 Å². The fraction of sp³-hybridized carbons (Fsp3) is 0.0909. The largest absolute Gasteiger partial charge is 0.465 e. The topological polar surface area (TPSA) is 55.4 Å². The molecule has 154 valence electrons. The lowest BCUT2D eigenvalue weighted by molar-refractivity contribution is -0.111. The molecule has 4 nitrogen and oxygen atoms in total. The van der Waals surface area contributed by atoms with Crippen LogP contribution in [0.4, 0.5) is 9.39 Å². The molecule has 30 heavy (non-hydrogen) atoms. The summed E-state index contributed by atoms with van der Waals surface area (Å²) in [5.74, 6) is -1.41. The van der Waals surface area contributed by atoms with Crippen LogP contribution in [0.3, 0.4) is 0 Å². The molecule has 0 aliphatic rings. The van der Waals surface area contributed by atoms with Crippen molar-refractivity contribution in [3.63, 3.8) is 0 Å². The number of anilines is 1. The van der Waals surface area contributed by atoms with Crippen LogP contribution in [0.1, 0.15) is 20.8 Å². The van der Waals surface area contributed by atoms with Gasteiger partial charge in [-0.15, -0.1) is 11.3 Å².